The summed E-state index contributed by atoms with van der Waals surface area (Å²) >= 11 is 0. The van der Waals surface area contributed by atoms with Crippen LogP contribution in [0.25, 0.3) is 16.7 Å². The van der Waals surface area contributed by atoms with Gasteiger partial charge in [-0.05, 0) is 24.3 Å². The van der Waals surface area contributed by atoms with E-state index in [0.717, 1.165) is 11.1 Å². The zero-order valence-corrected chi connectivity index (χ0v) is 16.5. The number of alkyl halides is 2. The normalized spacial score (nSPS) is 18.5. The van der Waals surface area contributed by atoms with E-state index in [0.29, 0.717) is 30.2 Å². The van der Waals surface area contributed by atoms with Crippen molar-refractivity contribution in [2.75, 3.05) is 31.1 Å². The second-order valence-corrected chi connectivity index (χ2v) is 7.61. The van der Waals surface area contributed by atoms with Crippen LogP contribution in [-0.4, -0.2) is 63.6 Å². The van der Waals surface area contributed by atoms with Gasteiger partial charge in [-0.3, -0.25) is 14.3 Å². The van der Waals surface area contributed by atoms with Gasteiger partial charge in [0.2, 0.25) is 0 Å². The SMILES string of the molecule is O=C(c1cnc2c(ccn2-c2ccc(N3CCOC3=O)nc2)c1)N1CCC(F)(F)CC1. The van der Waals surface area contributed by atoms with Crippen LogP contribution in [0.2, 0.25) is 0 Å². The molecule has 2 saturated heterocycles. The number of rotatable bonds is 3. The number of carbonyl (C=O) groups excluding carboxylic acids is 2. The lowest BCUT2D eigenvalue weighted by Crippen LogP contribution is -2.42. The van der Waals surface area contributed by atoms with E-state index in [-0.39, 0.29) is 31.8 Å². The second-order valence-electron chi connectivity index (χ2n) is 7.61. The summed E-state index contributed by atoms with van der Waals surface area (Å²) in [6, 6.07) is 7.10. The number of halogens is 2. The van der Waals surface area contributed by atoms with E-state index >= 15 is 0 Å². The van der Waals surface area contributed by atoms with Gasteiger partial charge in [-0.1, -0.05) is 0 Å². The summed E-state index contributed by atoms with van der Waals surface area (Å²) in [6.07, 6.45) is 3.87. The van der Waals surface area contributed by atoms with Crippen molar-refractivity contribution in [2.45, 2.75) is 18.8 Å². The van der Waals surface area contributed by atoms with Crippen LogP contribution in [0.1, 0.15) is 23.2 Å². The third-order valence-corrected chi connectivity index (χ3v) is 5.60. The molecular weight excluding hydrogens is 408 g/mol. The lowest BCUT2D eigenvalue weighted by Gasteiger charge is -2.31. The van der Waals surface area contributed by atoms with E-state index in [1.165, 1.54) is 16.0 Å². The van der Waals surface area contributed by atoms with Crippen molar-refractivity contribution < 1.29 is 23.1 Å². The number of carbonyl (C=O) groups is 2. The van der Waals surface area contributed by atoms with Gasteiger partial charge in [0.25, 0.3) is 11.8 Å². The molecule has 0 atom stereocenters. The lowest BCUT2D eigenvalue weighted by atomic mass is 10.1. The number of aromatic nitrogens is 3. The van der Waals surface area contributed by atoms with Crippen molar-refractivity contribution in [3.63, 3.8) is 0 Å². The Hall–Kier alpha value is -3.56. The average molecular weight is 427 g/mol. The molecule has 0 aliphatic carbocycles. The molecule has 10 heteroatoms. The van der Waals surface area contributed by atoms with Crippen LogP contribution in [0.3, 0.4) is 0 Å². The first kappa shape index (κ1) is 19.4. The van der Waals surface area contributed by atoms with E-state index in [1.807, 2.05) is 22.9 Å². The summed E-state index contributed by atoms with van der Waals surface area (Å²) < 4.78 is 33.5. The Morgan fingerprint density at radius 3 is 2.55 bits per heavy atom. The smallest absolute Gasteiger partial charge is 0.415 e. The minimum atomic E-state index is -2.70. The minimum Gasteiger partial charge on any atom is -0.447 e. The molecule has 0 saturated carbocycles. The van der Waals surface area contributed by atoms with Crippen LogP contribution in [0.15, 0.2) is 42.9 Å². The van der Waals surface area contributed by atoms with Crippen LogP contribution in [0.4, 0.5) is 19.4 Å². The Bertz CT molecular complexity index is 1150. The summed E-state index contributed by atoms with van der Waals surface area (Å²) in [5.41, 5.74) is 1.75. The van der Waals surface area contributed by atoms with Crippen molar-refractivity contribution in [1.29, 1.82) is 0 Å². The highest BCUT2D eigenvalue weighted by Gasteiger charge is 2.35. The maximum Gasteiger partial charge on any atom is 0.415 e. The fourth-order valence-corrected chi connectivity index (χ4v) is 3.85. The standard InChI is InChI=1S/C21H19F2N5O3/c22-21(23)4-7-26(8-5-21)19(29)15-11-14-3-6-27(18(14)25-12-15)16-1-2-17(24-13-16)28-9-10-31-20(28)30/h1-3,6,11-13H,4-5,7-10H2. The topological polar surface area (TPSA) is 80.6 Å². The summed E-state index contributed by atoms with van der Waals surface area (Å²) in [7, 11) is 0. The molecule has 2 aliphatic heterocycles. The number of hydrogen-bond donors (Lipinski definition) is 0. The molecular formula is C21H19F2N5O3. The summed E-state index contributed by atoms with van der Waals surface area (Å²) in [5, 5.41) is 0.750. The van der Waals surface area contributed by atoms with Gasteiger partial charge < -0.3 is 9.64 Å². The van der Waals surface area contributed by atoms with E-state index in [4.69, 9.17) is 4.74 Å². The van der Waals surface area contributed by atoms with E-state index in [1.54, 1.807) is 18.3 Å². The van der Waals surface area contributed by atoms with E-state index in [9.17, 15) is 18.4 Å². The maximum absolute atomic E-state index is 13.4. The van der Waals surface area contributed by atoms with Gasteiger partial charge in [-0.2, -0.15) is 0 Å². The van der Waals surface area contributed by atoms with Gasteiger partial charge in [0.05, 0.1) is 24.0 Å². The Morgan fingerprint density at radius 1 is 1.06 bits per heavy atom. The van der Waals surface area contributed by atoms with Crippen LogP contribution in [-0.2, 0) is 4.74 Å². The molecule has 2 fully saturated rings. The number of cyclic esters (lactones) is 1. The molecule has 5 heterocycles. The maximum atomic E-state index is 13.4. The fraction of sp³-hybridized carbons (Fsp3) is 0.333. The molecule has 2 aliphatic rings. The third-order valence-electron chi connectivity index (χ3n) is 5.60. The molecule has 0 unspecified atom stereocenters. The van der Waals surface area contributed by atoms with Crippen LogP contribution in [0, 0.1) is 0 Å². The molecule has 0 aromatic carbocycles. The largest absolute Gasteiger partial charge is 0.447 e. The second kappa shape index (κ2) is 7.29. The molecule has 31 heavy (non-hydrogen) atoms. The molecule has 5 rings (SSSR count). The zero-order chi connectivity index (χ0) is 21.6. The average Bonchev–Trinajstić information content (AvgIpc) is 3.39. The van der Waals surface area contributed by atoms with Gasteiger partial charge in [0.1, 0.15) is 18.1 Å². The Balaban J connectivity index is 1.37. The summed E-state index contributed by atoms with van der Waals surface area (Å²) in [5.74, 6) is -2.48. The molecule has 3 aromatic rings. The Kier molecular flexibility index (Phi) is 4.57. The minimum absolute atomic E-state index is 0.0352. The molecule has 160 valence electrons. The molecule has 8 nitrogen and oxygen atoms in total. The molecule has 3 aromatic heterocycles. The first-order chi connectivity index (χ1) is 14.9. The molecule has 0 spiro atoms. The van der Waals surface area contributed by atoms with Crippen molar-refractivity contribution in [3.05, 3.63) is 48.4 Å². The van der Waals surface area contributed by atoms with E-state index in [2.05, 4.69) is 9.97 Å². The monoisotopic (exact) mass is 427 g/mol. The summed E-state index contributed by atoms with van der Waals surface area (Å²) in [6.45, 7) is 0.876. The van der Waals surface area contributed by atoms with Crippen LogP contribution >= 0.6 is 0 Å². The fourth-order valence-electron chi connectivity index (χ4n) is 3.85. The number of hydrogen-bond acceptors (Lipinski definition) is 5. The highest BCUT2D eigenvalue weighted by molar-refractivity contribution is 5.97. The molecule has 2 amide bonds. The highest BCUT2D eigenvalue weighted by atomic mass is 19.3. The number of anilines is 1. The predicted molar refractivity (Wildman–Crippen MR) is 108 cm³/mol. The Morgan fingerprint density at radius 2 is 1.87 bits per heavy atom. The number of piperidine rings is 1. The van der Waals surface area contributed by atoms with Crippen LogP contribution in [0.5, 0.6) is 0 Å². The predicted octanol–water partition coefficient (Wildman–Crippen LogP) is 3.25. The first-order valence-electron chi connectivity index (χ1n) is 9.96. The molecule has 0 N–H and O–H groups in total. The highest BCUT2D eigenvalue weighted by Crippen LogP contribution is 2.29. The third kappa shape index (κ3) is 3.58. The van der Waals surface area contributed by atoms with Crippen molar-refractivity contribution in [2.24, 2.45) is 0 Å². The van der Waals surface area contributed by atoms with Crippen molar-refractivity contribution in [3.8, 4) is 5.69 Å². The quantitative estimate of drug-likeness (QED) is 0.641. The number of fused-ring (bicyclic) bond motifs is 1. The number of likely N-dealkylation sites (tertiary alicyclic amines) is 1. The number of ether oxygens (including phenoxy) is 1. The van der Waals surface area contributed by atoms with Gasteiger partial charge >= 0.3 is 6.09 Å². The van der Waals surface area contributed by atoms with Gasteiger partial charge in [0, 0.05) is 43.7 Å². The van der Waals surface area contributed by atoms with Gasteiger partial charge in [-0.25, -0.2) is 23.5 Å². The molecule has 0 radical (unpaired) electrons. The lowest BCUT2D eigenvalue weighted by molar-refractivity contribution is -0.0494. The summed E-state index contributed by atoms with van der Waals surface area (Å²) in [4.78, 5) is 36.1. The number of nitrogens with zero attached hydrogens (tertiary/aromatic N) is 5. The number of amides is 2. The van der Waals surface area contributed by atoms with Gasteiger partial charge in [0.15, 0.2) is 0 Å². The zero-order valence-electron chi connectivity index (χ0n) is 16.5. The van der Waals surface area contributed by atoms with Crippen molar-refractivity contribution in [1.82, 2.24) is 19.4 Å². The number of pyridine rings is 2. The molecule has 0 bridgehead atoms. The van der Waals surface area contributed by atoms with Crippen LogP contribution < -0.4 is 4.90 Å². The van der Waals surface area contributed by atoms with Crippen molar-refractivity contribution >= 4 is 28.9 Å². The van der Waals surface area contributed by atoms with E-state index < -0.39 is 12.0 Å². The first-order valence-corrected chi connectivity index (χ1v) is 9.96. The Labute approximate surface area is 176 Å². The van der Waals surface area contributed by atoms with Gasteiger partial charge in [-0.15, -0.1) is 0 Å².